The zero-order chi connectivity index (χ0) is 11.8. The number of halogens is 1. The van der Waals surface area contributed by atoms with Gasteiger partial charge in [0.15, 0.2) is 0 Å². The molecule has 1 nitrogen and oxygen atoms in total. The van der Waals surface area contributed by atoms with Crippen LogP contribution in [-0.4, -0.2) is 13.3 Å². The third-order valence-corrected chi connectivity index (χ3v) is 2.61. The van der Waals surface area contributed by atoms with Gasteiger partial charge in [0.2, 0.25) is 0 Å². The normalized spacial score (nSPS) is 10.4. The lowest BCUT2D eigenvalue weighted by Crippen LogP contribution is -1.98. The van der Waals surface area contributed by atoms with Gasteiger partial charge in [-0.2, -0.15) is 0 Å². The van der Waals surface area contributed by atoms with E-state index >= 15 is 0 Å². The molecular formula is C14H21FO. The second kappa shape index (κ2) is 7.26. The van der Waals surface area contributed by atoms with Gasteiger partial charge in [-0.3, -0.25) is 4.39 Å². The molecule has 0 aromatic heterocycles. The van der Waals surface area contributed by atoms with E-state index in [1.165, 1.54) is 11.1 Å². The van der Waals surface area contributed by atoms with Crippen molar-refractivity contribution >= 4 is 0 Å². The second-order valence-corrected chi connectivity index (χ2v) is 3.93. The SMILES string of the molecule is CCCOc1ccc(CCCF)c(CC)c1. The summed E-state index contributed by atoms with van der Waals surface area (Å²) in [5.74, 6) is 0.933. The Bertz CT molecular complexity index is 310. The van der Waals surface area contributed by atoms with Gasteiger partial charge in [0.05, 0.1) is 13.3 Å². The molecule has 0 saturated heterocycles. The summed E-state index contributed by atoms with van der Waals surface area (Å²) in [5, 5.41) is 0. The first kappa shape index (κ1) is 13.0. The molecule has 0 atom stereocenters. The summed E-state index contributed by atoms with van der Waals surface area (Å²) < 4.78 is 17.7. The molecule has 0 spiro atoms. The Kier molecular flexibility index (Phi) is 5.91. The van der Waals surface area contributed by atoms with Crippen LogP contribution < -0.4 is 4.74 Å². The van der Waals surface area contributed by atoms with Gasteiger partial charge in [0.1, 0.15) is 5.75 Å². The number of alkyl halides is 1. The fourth-order valence-corrected chi connectivity index (χ4v) is 1.74. The second-order valence-electron chi connectivity index (χ2n) is 3.93. The summed E-state index contributed by atoms with van der Waals surface area (Å²) in [6, 6.07) is 6.14. The molecule has 0 heterocycles. The van der Waals surface area contributed by atoms with Crippen molar-refractivity contribution in [2.75, 3.05) is 13.3 Å². The minimum absolute atomic E-state index is 0.239. The van der Waals surface area contributed by atoms with Gasteiger partial charge in [-0.15, -0.1) is 0 Å². The van der Waals surface area contributed by atoms with Crippen LogP contribution >= 0.6 is 0 Å². The molecular weight excluding hydrogens is 203 g/mol. The molecule has 0 bridgehead atoms. The lowest BCUT2D eigenvalue weighted by atomic mass is 10.0. The van der Waals surface area contributed by atoms with Crippen LogP contribution in [0, 0.1) is 0 Å². The third-order valence-electron chi connectivity index (χ3n) is 2.61. The molecule has 90 valence electrons. The number of hydrogen-bond donors (Lipinski definition) is 0. The molecule has 0 N–H and O–H groups in total. The Balaban J connectivity index is 2.71. The van der Waals surface area contributed by atoms with E-state index < -0.39 is 0 Å². The standard InChI is InChI=1S/C14H21FO/c1-3-10-16-14-8-7-13(6-5-9-15)12(4-2)11-14/h7-8,11H,3-6,9-10H2,1-2H3. The monoisotopic (exact) mass is 224 g/mol. The maximum atomic E-state index is 12.1. The highest BCUT2D eigenvalue weighted by Crippen LogP contribution is 2.20. The Labute approximate surface area is 97.6 Å². The topological polar surface area (TPSA) is 9.23 Å². The Morgan fingerprint density at radius 2 is 2.00 bits per heavy atom. The summed E-state index contributed by atoms with van der Waals surface area (Å²) in [4.78, 5) is 0. The highest BCUT2D eigenvalue weighted by Gasteiger charge is 2.03. The van der Waals surface area contributed by atoms with E-state index in [9.17, 15) is 4.39 Å². The molecule has 0 aliphatic carbocycles. The van der Waals surface area contributed by atoms with Crippen molar-refractivity contribution in [3.8, 4) is 5.75 Å². The molecule has 1 rings (SSSR count). The number of ether oxygens (including phenoxy) is 1. The third kappa shape index (κ3) is 3.84. The minimum atomic E-state index is -0.239. The fraction of sp³-hybridized carbons (Fsp3) is 0.571. The van der Waals surface area contributed by atoms with E-state index in [0.717, 1.165) is 31.6 Å². The summed E-state index contributed by atoms with van der Waals surface area (Å²) >= 11 is 0. The largest absolute Gasteiger partial charge is 0.494 e. The first-order chi connectivity index (χ1) is 7.81. The van der Waals surface area contributed by atoms with Gasteiger partial charge < -0.3 is 4.74 Å². The van der Waals surface area contributed by atoms with Crippen molar-refractivity contribution in [1.29, 1.82) is 0 Å². The lowest BCUT2D eigenvalue weighted by molar-refractivity contribution is 0.317. The van der Waals surface area contributed by atoms with Crippen LogP contribution in [0.2, 0.25) is 0 Å². The smallest absolute Gasteiger partial charge is 0.119 e. The van der Waals surface area contributed by atoms with Crippen LogP contribution in [0.4, 0.5) is 4.39 Å². The zero-order valence-electron chi connectivity index (χ0n) is 10.3. The fourth-order valence-electron chi connectivity index (χ4n) is 1.74. The number of aryl methyl sites for hydroxylation is 2. The van der Waals surface area contributed by atoms with Gasteiger partial charge in [-0.1, -0.05) is 19.9 Å². The highest BCUT2D eigenvalue weighted by molar-refractivity contribution is 5.35. The van der Waals surface area contributed by atoms with Crippen molar-refractivity contribution in [3.05, 3.63) is 29.3 Å². The molecule has 0 radical (unpaired) electrons. The van der Waals surface area contributed by atoms with E-state index in [0.29, 0.717) is 6.42 Å². The zero-order valence-corrected chi connectivity index (χ0v) is 10.3. The number of rotatable bonds is 7. The van der Waals surface area contributed by atoms with E-state index in [1.54, 1.807) is 0 Å². The van der Waals surface area contributed by atoms with Crippen LogP contribution in [0.3, 0.4) is 0 Å². The van der Waals surface area contributed by atoms with Crippen molar-refractivity contribution < 1.29 is 9.13 Å². The predicted molar refractivity (Wildman–Crippen MR) is 65.9 cm³/mol. The highest BCUT2D eigenvalue weighted by atomic mass is 19.1. The molecule has 0 fully saturated rings. The van der Waals surface area contributed by atoms with Gasteiger partial charge >= 0.3 is 0 Å². The molecule has 0 aliphatic rings. The quantitative estimate of drug-likeness (QED) is 0.681. The number of hydrogen-bond acceptors (Lipinski definition) is 1. The van der Waals surface area contributed by atoms with Crippen LogP contribution in [0.25, 0.3) is 0 Å². The molecule has 1 aromatic carbocycles. The first-order valence-corrected chi connectivity index (χ1v) is 6.12. The van der Waals surface area contributed by atoms with E-state index in [1.807, 2.05) is 6.07 Å². The molecule has 2 heteroatoms. The summed E-state index contributed by atoms with van der Waals surface area (Å²) in [6.07, 6.45) is 3.44. The maximum absolute atomic E-state index is 12.1. The molecule has 0 aliphatic heterocycles. The Morgan fingerprint density at radius 1 is 1.19 bits per heavy atom. The van der Waals surface area contributed by atoms with Crippen molar-refractivity contribution in [1.82, 2.24) is 0 Å². The van der Waals surface area contributed by atoms with E-state index in [2.05, 4.69) is 26.0 Å². The van der Waals surface area contributed by atoms with Crippen LogP contribution in [0.15, 0.2) is 18.2 Å². The van der Waals surface area contributed by atoms with Gasteiger partial charge in [0.25, 0.3) is 0 Å². The van der Waals surface area contributed by atoms with E-state index in [4.69, 9.17) is 4.74 Å². The number of benzene rings is 1. The van der Waals surface area contributed by atoms with Crippen molar-refractivity contribution in [3.63, 3.8) is 0 Å². The maximum Gasteiger partial charge on any atom is 0.119 e. The van der Waals surface area contributed by atoms with Crippen LogP contribution in [0.5, 0.6) is 5.75 Å². The van der Waals surface area contributed by atoms with E-state index in [-0.39, 0.29) is 6.67 Å². The predicted octanol–water partition coefficient (Wildman–Crippen LogP) is 3.94. The molecule has 1 aromatic rings. The molecule has 16 heavy (non-hydrogen) atoms. The van der Waals surface area contributed by atoms with Crippen LogP contribution in [0.1, 0.15) is 37.8 Å². The van der Waals surface area contributed by atoms with Crippen molar-refractivity contribution in [2.45, 2.75) is 39.5 Å². The summed E-state index contributed by atoms with van der Waals surface area (Å²) in [6.45, 7) is 4.73. The lowest BCUT2D eigenvalue weighted by Gasteiger charge is -2.10. The Morgan fingerprint density at radius 3 is 2.62 bits per heavy atom. The van der Waals surface area contributed by atoms with Gasteiger partial charge in [-0.05, 0) is 48.9 Å². The summed E-state index contributed by atoms with van der Waals surface area (Å²) in [7, 11) is 0. The first-order valence-electron chi connectivity index (χ1n) is 6.12. The Hall–Kier alpha value is -1.05. The molecule has 0 saturated carbocycles. The van der Waals surface area contributed by atoms with Gasteiger partial charge in [0, 0.05) is 0 Å². The molecule has 0 amide bonds. The summed E-state index contributed by atoms with van der Waals surface area (Å²) in [5.41, 5.74) is 2.53. The minimum Gasteiger partial charge on any atom is -0.494 e. The average molecular weight is 224 g/mol. The van der Waals surface area contributed by atoms with Crippen LogP contribution in [-0.2, 0) is 12.8 Å². The average Bonchev–Trinajstić information content (AvgIpc) is 2.34. The molecule has 0 unspecified atom stereocenters. The van der Waals surface area contributed by atoms with Crippen molar-refractivity contribution in [2.24, 2.45) is 0 Å². The van der Waals surface area contributed by atoms with Gasteiger partial charge in [-0.25, -0.2) is 0 Å².